The lowest BCUT2D eigenvalue weighted by Gasteiger charge is -2.24. The quantitative estimate of drug-likeness (QED) is 0.0211. The first-order valence-electron chi connectivity index (χ1n) is 38.5. The number of phosphoric acid groups is 1. The fourth-order valence-corrected chi connectivity index (χ4v) is 10.9. The molecule has 0 bridgehead atoms. The van der Waals surface area contributed by atoms with Gasteiger partial charge >= 0.3 is 19.8 Å². The predicted octanol–water partition coefficient (Wildman–Crippen LogP) is 25.8. The molecule has 0 aromatic rings. The third kappa shape index (κ3) is 78.1. The van der Waals surface area contributed by atoms with Gasteiger partial charge in [-0.25, -0.2) is 4.57 Å². The summed E-state index contributed by atoms with van der Waals surface area (Å²) in [7, 11) is 1.46. The third-order valence-corrected chi connectivity index (χ3v) is 16.9. The van der Waals surface area contributed by atoms with E-state index in [0.717, 1.165) is 148 Å². The molecule has 0 aromatic heterocycles. The molecular formula is C86H143NO8P+. The number of nitrogens with zero attached hydrogens (tertiary/aromatic N) is 1. The largest absolute Gasteiger partial charge is 0.472 e. The number of carbonyl (C=O) groups is 2. The number of esters is 2. The molecule has 0 aromatic carbocycles. The summed E-state index contributed by atoms with van der Waals surface area (Å²) in [5, 5.41) is 0. The first-order valence-corrected chi connectivity index (χ1v) is 40.0. The molecular weight excluding hydrogens is 1210 g/mol. The van der Waals surface area contributed by atoms with Crippen molar-refractivity contribution in [1.82, 2.24) is 0 Å². The lowest BCUT2D eigenvalue weighted by Crippen LogP contribution is -2.37. The molecule has 0 rings (SSSR count). The summed E-state index contributed by atoms with van der Waals surface area (Å²) in [6.07, 6.45) is 114. The Labute approximate surface area is 591 Å². The van der Waals surface area contributed by atoms with Gasteiger partial charge in [-0.15, -0.1) is 0 Å². The number of rotatable bonds is 69. The number of quaternary nitrogens is 1. The van der Waals surface area contributed by atoms with E-state index in [0.29, 0.717) is 17.4 Å². The van der Waals surface area contributed by atoms with Gasteiger partial charge in [-0.2, -0.15) is 0 Å². The van der Waals surface area contributed by atoms with Gasteiger partial charge in [0.15, 0.2) is 6.10 Å². The summed E-state index contributed by atoms with van der Waals surface area (Å²) in [4.78, 5) is 36.0. The highest BCUT2D eigenvalue weighted by Crippen LogP contribution is 2.43. The summed E-state index contributed by atoms with van der Waals surface area (Å²) in [5.41, 5.74) is 0. The van der Waals surface area contributed by atoms with E-state index in [-0.39, 0.29) is 32.0 Å². The van der Waals surface area contributed by atoms with Crippen LogP contribution in [0.2, 0.25) is 0 Å². The van der Waals surface area contributed by atoms with Crippen LogP contribution in [0.1, 0.15) is 296 Å². The van der Waals surface area contributed by atoms with E-state index in [1.807, 2.05) is 21.1 Å². The summed E-state index contributed by atoms with van der Waals surface area (Å²) in [6.45, 7) is 4.20. The van der Waals surface area contributed by atoms with Crippen LogP contribution in [0.5, 0.6) is 0 Å². The van der Waals surface area contributed by atoms with E-state index >= 15 is 0 Å². The number of allylic oxidation sites excluding steroid dienone is 30. The van der Waals surface area contributed by atoms with Gasteiger partial charge in [0.1, 0.15) is 19.8 Å². The zero-order chi connectivity index (χ0) is 69.7. The molecule has 0 spiro atoms. The molecule has 2 unspecified atom stereocenters. The maximum absolute atomic E-state index is 12.9. The Morgan fingerprint density at radius 3 is 0.833 bits per heavy atom. The Morgan fingerprint density at radius 1 is 0.323 bits per heavy atom. The van der Waals surface area contributed by atoms with Crippen molar-refractivity contribution >= 4 is 19.8 Å². The minimum atomic E-state index is -4.41. The molecule has 10 heteroatoms. The Hall–Kier alpha value is -4.89. The normalized spacial score (nSPS) is 14.1. The topological polar surface area (TPSA) is 108 Å². The van der Waals surface area contributed by atoms with Crippen LogP contribution < -0.4 is 0 Å². The zero-order valence-corrected chi connectivity index (χ0v) is 62.9. The van der Waals surface area contributed by atoms with Crippen LogP contribution in [-0.2, 0) is 32.7 Å². The molecule has 0 amide bonds. The van der Waals surface area contributed by atoms with Gasteiger partial charge in [0.05, 0.1) is 27.7 Å². The van der Waals surface area contributed by atoms with Gasteiger partial charge in [-0.05, 0) is 135 Å². The van der Waals surface area contributed by atoms with Gasteiger partial charge in [-0.3, -0.25) is 18.6 Å². The molecule has 544 valence electrons. The number of phosphoric ester groups is 1. The van der Waals surface area contributed by atoms with Crippen LogP contribution in [0.25, 0.3) is 0 Å². The third-order valence-electron chi connectivity index (χ3n) is 15.9. The van der Waals surface area contributed by atoms with Gasteiger partial charge in [0.2, 0.25) is 0 Å². The molecule has 96 heavy (non-hydrogen) atoms. The van der Waals surface area contributed by atoms with Crippen molar-refractivity contribution in [2.24, 2.45) is 0 Å². The molecule has 0 aliphatic rings. The second kappa shape index (κ2) is 74.3. The van der Waals surface area contributed by atoms with Gasteiger partial charge in [-0.1, -0.05) is 331 Å². The SMILES string of the molecule is CC/C=C\C/C=C\C/C=C\C/C=C\C/C=C\C/C=C\C/C=C\C/C=C\CCCCCCCCCCCCCCCCC(=O)OC(COC(=O)CCCCCCCCCCCCC/C=C\C/C=C\C/C=C\C/C=C\C/C=C\C/C=C\C/C=C\CC)COP(=O)(O)OCC[N+](C)(C)C. The lowest BCUT2D eigenvalue weighted by molar-refractivity contribution is -0.870. The second-order valence-electron chi connectivity index (χ2n) is 26.3. The molecule has 0 saturated heterocycles. The number of hydrogen-bond donors (Lipinski definition) is 1. The van der Waals surface area contributed by atoms with Crippen molar-refractivity contribution in [3.63, 3.8) is 0 Å². The van der Waals surface area contributed by atoms with Crippen LogP contribution in [-0.4, -0.2) is 74.9 Å². The monoisotopic (exact) mass is 1350 g/mol. The summed E-state index contributed by atoms with van der Waals surface area (Å²) < 4.78 is 34.8. The lowest BCUT2D eigenvalue weighted by atomic mass is 10.0. The fraction of sp³-hybridized carbons (Fsp3) is 0.628. The zero-order valence-electron chi connectivity index (χ0n) is 62.0. The van der Waals surface area contributed by atoms with Crippen molar-refractivity contribution in [1.29, 1.82) is 0 Å². The van der Waals surface area contributed by atoms with E-state index in [4.69, 9.17) is 18.5 Å². The molecule has 9 nitrogen and oxygen atoms in total. The Kier molecular flexibility index (Phi) is 70.5. The van der Waals surface area contributed by atoms with E-state index < -0.39 is 26.5 Å². The average molecular weight is 1350 g/mol. The second-order valence-corrected chi connectivity index (χ2v) is 27.7. The Morgan fingerprint density at radius 2 is 0.562 bits per heavy atom. The van der Waals surface area contributed by atoms with E-state index in [2.05, 4.69) is 196 Å². The molecule has 2 atom stereocenters. The first-order chi connectivity index (χ1) is 47.0. The maximum atomic E-state index is 12.9. The van der Waals surface area contributed by atoms with Crippen LogP contribution in [0.4, 0.5) is 0 Å². The Bertz CT molecular complexity index is 2280. The van der Waals surface area contributed by atoms with Crippen LogP contribution in [0.3, 0.4) is 0 Å². The fourth-order valence-electron chi connectivity index (χ4n) is 10.1. The van der Waals surface area contributed by atoms with Crippen molar-refractivity contribution in [3.8, 4) is 0 Å². The van der Waals surface area contributed by atoms with Gasteiger partial charge < -0.3 is 18.9 Å². The number of unbranched alkanes of at least 4 members (excludes halogenated alkanes) is 25. The minimum absolute atomic E-state index is 0.0236. The summed E-state index contributed by atoms with van der Waals surface area (Å²) >= 11 is 0. The molecule has 0 radical (unpaired) electrons. The maximum Gasteiger partial charge on any atom is 0.472 e. The number of carbonyl (C=O) groups excluding carboxylic acids is 2. The molecule has 0 aliphatic heterocycles. The minimum Gasteiger partial charge on any atom is -0.462 e. The molecule has 1 N–H and O–H groups in total. The number of ether oxygens (including phenoxy) is 2. The molecule has 0 saturated carbocycles. The molecule has 0 heterocycles. The van der Waals surface area contributed by atoms with Crippen molar-refractivity contribution in [2.45, 2.75) is 302 Å². The van der Waals surface area contributed by atoms with E-state index in [1.54, 1.807) is 0 Å². The van der Waals surface area contributed by atoms with Crippen molar-refractivity contribution in [2.75, 3.05) is 47.5 Å². The van der Waals surface area contributed by atoms with Gasteiger partial charge in [0, 0.05) is 12.8 Å². The van der Waals surface area contributed by atoms with Crippen molar-refractivity contribution < 1.29 is 42.1 Å². The van der Waals surface area contributed by atoms with E-state index in [1.165, 1.54) is 116 Å². The highest BCUT2D eigenvalue weighted by molar-refractivity contribution is 7.47. The van der Waals surface area contributed by atoms with Crippen molar-refractivity contribution in [3.05, 3.63) is 182 Å². The van der Waals surface area contributed by atoms with Crippen LogP contribution in [0.15, 0.2) is 182 Å². The van der Waals surface area contributed by atoms with E-state index in [9.17, 15) is 19.0 Å². The number of hydrogen-bond acceptors (Lipinski definition) is 7. The average Bonchev–Trinajstić information content (AvgIpc) is 1.98. The first kappa shape index (κ1) is 91.1. The summed E-state index contributed by atoms with van der Waals surface area (Å²) in [5.74, 6) is -0.805. The molecule has 0 fully saturated rings. The van der Waals surface area contributed by atoms with Crippen LogP contribution in [0, 0.1) is 0 Å². The number of likely N-dealkylation sites (N-methyl/N-ethyl adjacent to an activating group) is 1. The predicted molar refractivity (Wildman–Crippen MR) is 417 cm³/mol. The summed E-state index contributed by atoms with van der Waals surface area (Å²) in [6, 6.07) is 0. The highest BCUT2D eigenvalue weighted by Gasteiger charge is 2.27. The standard InChI is InChI=1S/C86H142NO8P/c1-6-8-10-12-14-16-18-20-22-24-26-28-30-32-34-36-38-40-41-42-43-44-45-47-49-51-53-55-57-59-61-63-65-67-69-71-73-75-77-79-86(89)95-84(83-94-96(90,91)93-81-80-87(3,4)5)82-92-85(88)78-76-74-72-70-68-66-64-62-60-58-56-54-52-50-48-46-39-37-35-33-31-29-27-25-23-21-19-17-15-13-11-9-7-2/h8-11,14-17,20-23,26-29,32-35,38-40,42-43,45-47,50,52,84H,6-7,12-13,18-19,24-25,30-31,36-37,41,44,48-49,51,53-83H2,1-5H3/p+1/b10-8-,11-9-,16-14-,17-15-,22-20-,23-21-,28-26-,29-27-,34-32-,35-33-,40-38-,43-42-,46-39-,47-45-,52-50-. The molecule has 0 aliphatic carbocycles. The smallest absolute Gasteiger partial charge is 0.462 e. The Balaban J connectivity index is 4.06. The van der Waals surface area contributed by atoms with Crippen LogP contribution >= 0.6 is 7.82 Å². The van der Waals surface area contributed by atoms with Gasteiger partial charge in [0.25, 0.3) is 0 Å². The highest BCUT2D eigenvalue weighted by atomic mass is 31.2.